The van der Waals surface area contributed by atoms with Crippen molar-refractivity contribution in [1.82, 2.24) is 0 Å². The monoisotopic (exact) mass is 282 g/mol. The Labute approximate surface area is 121 Å². The van der Waals surface area contributed by atoms with Crippen molar-refractivity contribution >= 4 is 24.0 Å². The minimum absolute atomic E-state index is 0. The summed E-state index contributed by atoms with van der Waals surface area (Å²) in [7, 11) is 0. The summed E-state index contributed by atoms with van der Waals surface area (Å²) in [6, 6.07) is 5.97. The average Bonchev–Trinajstić information content (AvgIpc) is 2.69. The van der Waals surface area contributed by atoms with Gasteiger partial charge in [0.05, 0.1) is 6.04 Å². The van der Waals surface area contributed by atoms with E-state index in [1.54, 1.807) is 6.92 Å². The van der Waals surface area contributed by atoms with Crippen LogP contribution < -0.4 is 10.6 Å². The SMILES string of the molecule is C[C@@H](N)C(=O)N1CCc2cc(C(C)(C)C)ccc21.Cl. The predicted molar refractivity (Wildman–Crippen MR) is 82.1 cm³/mol. The third-order valence-corrected chi connectivity index (χ3v) is 3.50. The van der Waals surface area contributed by atoms with Gasteiger partial charge in [-0.2, -0.15) is 0 Å². The van der Waals surface area contributed by atoms with Crippen LogP contribution in [0.15, 0.2) is 18.2 Å². The molecule has 0 aliphatic carbocycles. The Bertz CT molecular complexity index is 478. The van der Waals surface area contributed by atoms with Crippen molar-refractivity contribution in [2.24, 2.45) is 5.73 Å². The zero-order chi connectivity index (χ0) is 13.5. The normalized spacial score (nSPS) is 15.7. The molecule has 1 aromatic carbocycles. The number of hydrogen-bond donors (Lipinski definition) is 1. The van der Waals surface area contributed by atoms with Gasteiger partial charge in [-0.05, 0) is 36.0 Å². The van der Waals surface area contributed by atoms with Crippen molar-refractivity contribution in [3.05, 3.63) is 29.3 Å². The summed E-state index contributed by atoms with van der Waals surface area (Å²) in [6.07, 6.45) is 0.928. The van der Waals surface area contributed by atoms with Crippen LogP contribution in [0.1, 0.15) is 38.8 Å². The lowest BCUT2D eigenvalue weighted by Crippen LogP contribution is -2.41. The van der Waals surface area contributed by atoms with Gasteiger partial charge < -0.3 is 10.6 Å². The lowest BCUT2D eigenvalue weighted by Gasteiger charge is -2.22. The number of halogens is 1. The van der Waals surface area contributed by atoms with Crippen LogP contribution in [0.4, 0.5) is 5.69 Å². The molecule has 106 valence electrons. The molecule has 3 nitrogen and oxygen atoms in total. The molecule has 0 unspecified atom stereocenters. The number of amides is 1. The Morgan fingerprint density at radius 2 is 2.00 bits per heavy atom. The number of nitrogens with two attached hydrogens (primary N) is 1. The van der Waals surface area contributed by atoms with E-state index in [1.165, 1.54) is 11.1 Å². The van der Waals surface area contributed by atoms with Gasteiger partial charge in [0, 0.05) is 12.2 Å². The van der Waals surface area contributed by atoms with E-state index in [0.717, 1.165) is 18.7 Å². The fourth-order valence-electron chi connectivity index (χ4n) is 2.34. The Balaban J connectivity index is 0.00000180. The Morgan fingerprint density at radius 3 is 2.53 bits per heavy atom. The Morgan fingerprint density at radius 1 is 1.37 bits per heavy atom. The molecule has 1 aliphatic heterocycles. The van der Waals surface area contributed by atoms with Gasteiger partial charge in [0.15, 0.2) is 0 Å². The van der Waals surface area contributed by atoms with E-state index in [0.29, 0.717) is 0 Å². The largest absolute Gasteiger partial charge is 0.320 e. The maximum absolute atomic E-state index is 12.0. The molecule has 1 aromatic rings. The molecule has 0 radical (unpaired) electrons. The summed E-state index contributed by atoms with van der Waals surface area (Å²) >= 11 is 0. The number of fused-ring (bicyclic) bond motifs is 1. The molecule has 4 heteroatoms. The third kappa shape index (κ3) is 3.10. The zero-order valence-electron chi connectivity index (χ0n) is 12.1. The number of anilines is 1. The van der Waals surface area contributed by atoms with Gasteiger partial charge >= 0.3 is 0 Å². The van der Waals surface area contributed by atoms with Crippen molar-refractivity contribution in [1.29, 1.82) is 0 Å². The van der Waals surface area contributed by atoms with Crippen LogP contribution >= 0.6 is 12.4 Å². The molecule has 1 aliphatic rings. The molecule has 19 heavy (non-hydrogen) atoms. The van der Waals surface area contributed by atoms with Gasteiger partial charge in [-0.3, -0.25) is 4.79 Å². The van der Waals surface area contributed by atoms with Gasteiger partial charge in [-0.15, -0.1) is 12.4 Å². The standard InChI is InChI=1S/C15H22N2O.ClH/c1-10(16)14(18)17-8-7-11-9-12(15(2,3)4)5-6-13(11)17;/h5-6,9-10H,7-8,16H2,1-4H3;1H/t10-;/m1./s1. The molecule has 0 saturated heterocycles. The van der Waals surface area contributed by atoms with E-state index < -0.39 is 6.04 Å². The summed E-state index contributed by atoms with van der Waals surface area (Å²) in [5.74, 6) is 0.0114. The molecule has 0 saturated carbocycles. The summed E-state index contributed by atoms with van der Waals surface area (Å²) < 4.78 is 0. The van der Waals surface area contributed by atoms with E-state index in [2.05, 4.69) is 39.0 Å². The highest BCUT2D eigenvalue weighted by Crippen LogP contribution is 2.33. The van der Waals surface area contributed by atoms with Crippen molar-refractivity contribution in [2.75, 3.05) is 11.4 Å². The van der Waals surface area contributed by atoms with E-state index in [1.807, 2.05) is 4.90 Å². The van der Waals surface area contributed by atoms with Gasteiger partial charge in [-0.1, -0.05) is 32.9 Å². The Hall–Kier alpha value is -1.06. The first-order valence-electron chi connectivity index (χ1n) is 6.51. The molecule has 2 N–H and O–H groups in total. The van der Waals surface area contributed by atoms with E-state index in [-0.39, 0.29) is 23.7 Å². The smallest absolute Gasteiger partial charge is 0.243 e. The molecule has 1 amide bonds. The fourth-order valence-corrected chi connectivity index (χ4v) is 2.34. The van der Waals surface area contributed by atoms with Crippen LogP contribution in [0.25, 0.3) is 0 Å². The predicted octanol–water partition coefficient (Wildman–Crippen LogP) is 2.64. The second-order valence-electron chi connectivity index (χ2n) is 6.12. The first-order valence-corrected chi connectivity index (χ1v) is 6.51. The van der Waals surface area contributed by atoms with Crippen LogP contribution in [-0.2, 0) is 16.6 Å². The van der Waals surface area contributed by atoms with Crippen molar-refractivity contribution in [3.8, 4) is 0 Å². The molecule has 1 heterocycles. The number of benzene rings is 1. The summed E-state index contributed by atoms with van der Waals surface area (Å²) in [5.41, 5.74) is 9.44. The minimum Gasteiger partial charge on any atom is -0.320 e. The van der Waals surface area contributed by atoms with Crippen molar-refractivity contribution in [2.45, 2.75) is 45.6 Å². The fraction of sp³-hybridized carbons (Fsp3) is 0.533. The number of nitrogens with zero attached hydrogens (tertiary/aromatic N) is 1. The molecule has 0 aromatic heterocycles. The van der Waals surface area contributed by atoms with E-state index in [9.17, 15) is 4.79 Å². The van der Waals surface area contributed by atoms with Crippen LogP contribution in [0.2, 0.25) is 0 Å². The summed E-state index contributed by atoms with van der Waals surface area (Å²) in [5, 5.41) is 0. The number of hydrogen-bond acceptors (Lipinski definition) is 2. The molecule has 0 bridgehead atoms. The van der Waals surface area contributed by atoms with Gasteiger partial charge in [0.1, 0.15) is 0 Å². The number of rotatable bonds is 1. The summed E-state index contributed by atoms with van der Waals surface area (Å²) in [6.45, 7) is 9.10. The highest BCUT2D eigenvalue weighted by Gasteiger charge is 2.27. The Kier molecular flexibility index (Phi) is 4.64. The quantitative estimate of drug-likeness (QED) is 0.861. The van der Waals surface area contributed by atoms with Crippen molar-refractivity contribution in [3.63, 3.8) is 0 Å². The van der Waals surface area contributed by atoms with Gasteiger partial charge in [-0.25, -0.2) is 0 Å². The molecule has 0 fully saturated rings. The second-order valence-corrected chi connectivity index (χ2v) is 6.12. The zero-order valence-corrected chi connectivity index (χ0v) is 12.9. The second kappa shape index (κ2) is 5.51. The maximum atomic E-state index is 12.0. The lowest BCUT2D eigenvalue weighted by atomic mass is 9.86. The average molecular weight is 283 g/mol. The number of carbonyl (C=O) groups excluding carboxylic acids is 1. The van der Waals surface area contributed by atoms with Crippen LogP contribution in [0.3, 0.4) is 0 Å². The molecular formula is C15H23ClN2O. The van der Waals surface area contributed by atoms with Gasteiger partial charge in [0.25, 0.3) is 0 Å². The van der Waals surface area contributed by atoms with E-state index in [4.69, 9.17) is 5.73 Å². The number of carbonyl (C=O) groups is 1. The van der Waals surface area contributed by atoms with Crippen LogP contribution in [-0.4, -0.2) is 18.5 Å². The van der Waals surface area contributed by atoms with E-state index >= 15 is 0 Å². The first kappa shape index (κ1) is 16.0. The van der Waals surface area contributed by atoms with Crippen molar-refractivity contribution < 1.29 is 4.79 Å². The van der Waals surface area contributed by atoms with Crippen LogP contribution in [0, 0.1) is 0 Å². The molecule has 1 atom stereocenters. The molecule has 0 spiro atoms. The third-order valence-electron chi connectivity index (χ3n) is 3.50. The summed E-state index contributed by atoms with van der Waals surface area (Å²) in [4.78, 5) is 13.8. The highest BCUT2D eigenvalue weighted by molar-refractivity contribution is 5.98. The van der Waals surface area contributed by atoms with Gasteiger partial charge in [0.2, 0.25) is 5.91 Å². The topological polar surface area (TPSA) is 46.3 Å². The highest BCUT2D eigenvalue weighted by atomic mass is 35.5. The molecule has 2 rings (SSSR count). The maximum Gasteiger partial charge on any atom is 0.243 e. The molecular weight excluding hydrogens is 260 g/mol. The van der Waals surface area contributed by atoms with Crippen LogP contribution in [0.5, 0.6) is 0 Å². The minimum atomic E-state index is -0.432. The first-order chi connectivity index (χ1) is 8.30. The lowest BCUT2D eigenvalue weighted by molar-refractivity contribution is -0.119.